The number of aliphatic hydroxyl groups is 1. The second-order valence-corrected chi connectivity index (χ2v) is 6.61. The van der Waals surface area contributed by atoms with Crippen molar-refractivity contribution in [3.63, 3.8) is 0 Å². The number of carbonyl (C=O) groups is 1. The van der Waals surface area contributed by atoms with E-state index in [-0.39, 0.29) is 43.1 Å². The number of aromatic nitrogens is 2. The SMILES string of the molecule is Cl.O=C(NCC(CO)Cc1ccc(OC(F)(F)F)cc1)c1n[nH]c2c1CNCC2. The number of halogens is 4. The normalized spacial score (nSPS) is 14.5. The van der Waals surface area contributed by atoms with E-state index < -0.39 is 6.36 Å². The molecular weight excluding hydrogens is 413 g/mol. The summed E-state index contributed by atoms with van der Waals surface area (Å²) in [7, 11) is 0. The van der Waals surface area contributed by atoms with E-state index in [0.717, 1.165) is 29.8 Å². The van der Waals surface area contributed by atoms with Gasteiger partial charge in [-0.3, -0.25) is 9.89 Å². The van der Waals surface area contributed by atoms with Crippen molar-refractivity contribution in [1.29, 1.82) is 0 Å². The van der Waals surface area contributed by atoms with E-state index in [4.69, 9.17) is 0 Å². The Balaban J connectivity index is 0.00000300. The number of nitrogens with zero attached hydrogens (tertiary/aromatic N) is 1. The minimum Gasteiger partial charge on any atom is -0.406 e. The third-order valence-electron chi connectivity index (χ3n) is 4.51. The fourth-order valence-corrected chi connectivity index (χ4v) is 3.10. The number of alkyl halides is 3. The molecule has 11 heteroatoms. The molecule has 0 fully saturated rings. The molecule has 1 aliphatic heterocycles. The first-order valence-corrected chi connectivity index (χ1v) is 8.86. The van der Waals surface area contributed by atoms with Crippen LogP contribution in [-0.2, 0) is 19.4 Å². The van der Waals surface area contributed by atoms with Crippen LogP contribution in [0.15, 0.2) is 24.3 Å². The zero-order valence-corrected chi connectivity index (χ0v) is 16.2. The second-order valence-electron chi connectivity index (χ2n) is 6.61. The van der Waals surface area contributed by atoms with Gasteiger partial charge in [-0.25, -0.2) is 0 Å². The van der Waals surface area contributed by atoms with Crippen molar-refractivity contribution in [1.82, 2.24) is 20.8 Å². The summed E-state index contributed by atoms with van der Waals surface area (Å²) in [6.45, 7) is 1.44. The smallest absolute Gasteiger partial charge is 0.406 e. The van der Waals surface area contributed by atoms with Crippen molar-refractivity contribution in [2.45, 2.75) is 25.7 Å². The van der Waals surface area contributed by atoms with Gasteiger partial charge in [-0.05, 0) is 24.1 Å². The highest BCUT2D eigenvalue weighted by Crippen LogP contribution is 2.23. The van der Waals surface area contributed by atoms with E-state index in [1.165, 1.54) is 24.3 Å². The van der Waals surface area contributed by atoms with Crippen LogP contribution in [0.4, 0.5) is 13.2 Å². The Morgan fingerprint density at radius 1 is 1.31 bits per heavy atom. The zero-order chi connectivity index (χ0) is 20.1. The van der Waals surface area contributed by atoms with Gasteiger partial charge in [0, 0.05) is 49.8 Å². The Morgan fingerprint density at radius 2 is 2.03 bits per heavy atom. The van der Waals surface area contributed by atoms with Crippen LogP contribution in [-0.4, -0.2) is 47.3 Å². The van der Waals surface area contributed by atoms with E-state index in [0.29, 0.717) is 18.7 Å². The van der Waals surface area contributed by atoms with Crippen LogP contribution < -0.4 is 15.4 Å². The van der Waals surface area contributed by atoms with Gasteiger partial charge in [-0.2, -0.15) is 5.10 Å². The molecule has 2 aromatic rings. The van der Waals surface area contributed by atoms with Gasteiger partial charge in [0.1, 0.15) is 5.75 Å². The molecule has 1 aliphatic rings. The molecule has 7 nitrogen and oxygen atoms in total. The maximum atomic E-state index is 12.4. The number of rotatable bonds is 7. The quantitative estimate of drug-likeness (QED) is 0.534. The van der Waals surface area contributed by atoms with Gasteiger partial charge in [-0.15, -0.1) is 25.6 Å². The maximum Gasteiger partial charge on any atom is 0.573 e. The van der Waals surface area contributed by atoms with Crippen LogP contribution in [0.2, 0.25) is 0 Å². The molecular formula is C18H22ClF3N4O3. The number of fused-ring (bicyclic) bond motifs is 1. The Morgan fingerprint density at radius 3 is 2.69 bits per heavy atom. The van der Waals surface area contributed by atoms with Crippen molar-refractivity contribution < 1.29 is 27.8 Å². The van der Waals surface area contributed by atoms with E-state index in [2.05, 4.69) is 25.6 Å². The van der Waals surface area contributed by atoms with E-state index in [1.54, 1.807) is 0 Å². The highest BCUT2D eigenvalue weighted by molar-refractivity contribution is 5.94. The first-order chi connectivity index (χ1) is 13.4. The lowest BCUT2D eigenvalue weighted by molar-refractivity contribution is -0.274. The molecule has 0 radical (unpaired) electrons. The largest absolute Gasteiger partial charge is 0.573 e. The summed E-state index contributed by atoms with van der Waals surface area (Å²) in [6.07, 6.45) is -3.56. The molecule has 1 aromatic carbocycles. The van der Waals surface area contributed by atoms with Crippen LogP contribution >= 0.6 is 12.4 Å². The standard InChI is InChI=1S/C18H21F3N4O3.ClH/c19-18(20,21)28-13-3-1-11(2-4-13)7-12(10-26)8-23-17(27)16-14-9-22-6-5-15(14)24-25-16;/h1-4,12,22,26H,5-10H2,(H,23,27)(H,24,25);1H. The summed E-state index contributed by atoms with van der Waals surface area (Å²) in [4.78, 5) is 12.4. The van der Waals surface area contributed by atoms with E-state index in [1.807, 2.05) is 0 Å². The van der Waals surface area contributed by atoms with Crippen LogP contribution in [0.3, 0.4) is 0 Å². The first-order valence-electron chi connectivity index (χ1n) is 8.86. The number of ether oxygens (including phenoxy) is 1. The van der Waals surface area contributed by atoms with Gasteiger partial charge in [-0.1, -0.05) is 12.1 Å². The molecule has 0 aliphatic carbocycles. The molecule has 1 aromatic heterocycles. The van der Waals surface area contributed by atoms with E-state index >= 15 is 0 Å². The minimum atomic E-state index is -4.74. The third kappa shape index (κ3) is 6.34. The van der Waals surface area contributed by atoms with Crippen molar-refractivity contribution in [3.05, 3.63) is 46.8 Å². The van der Waals surface area contributed by atoms with Gasteiger partial charge < -0.3 is 20.5 Å². The number of hydrogen-bond acceptors (Lipinski definition) is 5. The van der Waals surface area contributed by atoms with Crippen molar-refractivity contribution >= 4 is 18.3 Å². The molecule has 2 heterocycles. The molecule has 29 heavy (non-hydrogen) atoms. The zero-order valence-electron chi connectivity index (χ0n) is 15.4. The summed E-state index contributed by atoms with van der Waals surface area (Å²) >= 11 is 0. The molecule has 1 amide bonds. The number of aromatic amines is 1. The topological polar surface area (TPSA) is 99.3 Å². The Kier molecular flexibility index (Phi) is 7.88. The number of carbonyl (C=O) groups excluding carboxylic acids is 1. The number of nitrogens with one attached hydrogen (secondary N) is 3. The average molecular weight is 435 g/mol. The van der Waals surface area contributed by atoms with Crippen molar-refractivity contribution in [2.75, 3.05) is 19.7 Å². The highest BCUT2D eigenvalue weighted by Gasteiger charge is 2.31. The average Bonchev–Trinajstić information content (AvgIpc) is 3.09. The summed E-state index contributed by atoms with van der Waals surface area (Å²) in [6, 6.07) is 5.44. The molecule has 4 N–H and O–H groups in total. The number of hydrogen-bond donors (Lipinski definition) is 4. The summed E-state index contributed by atoms with van der Waals surface area (Å²) < 4.78 is 40.4. The number of H-pyrrole nitrogens is 1. The lowest BCUT2D eigenvalue weighted by Crippen LogP contribution is -2.33. The van der Waals surface area contributed by atoms with Crippen molar-refractivity contribution in [2.24, 2.45) is 5.92 Å². The summed E-state index contributed by atoms with van der Waals surface area (Å²) in [5, 5.41) is 22.5. The van der Waals surface area contributed by atoms with Crippen LogP contribution in [0, 0.1) is 5.92 Å². The number of aliphatic hydroxyl groups excluding tert-OH is 1. The van der Waals surface area contributed by atoms with Gasteiger partial charge in [0.05, 0.1) is 0 Å². The predicted molar refractivity (Wildman–Crippen MR) is 101 cm³/mol. The van der Waals surface area contributed by atoms with Gasteiger partial charge in [0.25, 0.3) is 5.91 Å². The lowest BCUT2D eigenvalue weighted by atomic mass is 9.99. The molecule has 0 bridgehead atoms. The fourth-order valence-electron chi connectivity index (χ4n) is 3.10. The highest BCUT2D eigenvalue weighted by atomic mass is 35.5. The van der Waals surface area contributed by atoms with Gasteiger partial charge in [0.15, 0.2) is 5.69 Å². The predicted octanol–water partition coefficient (Wildman–Crippen LogP) is 1.96. The van der Waals surface area contributed by atoms with Crippen LogP contribution in [0.25, 0.3) is 0 Å². The summed E-state index contributed by atoms with van der Waals surface area (Å²) in [5.41, 5.74) is 2.87. The minimum absolute atomic E-state index is 0. The van der Waals surface area contributed by atoms with Crippen molar-refractivity contribution in [3.8, 4) is 5.75 Å². The van der Waals surface area contributed by atoms with Crippen LogP contribution in [0.1, 0.15) is 27.3 Å². The van der Waals surface area contributed by atoms with Gasteiger partial charge >= 0.3 is 6.36 Å². The Labute approximate surface area is 171 Å². The third-order valence-corrected chi connectivity index (χ3v) is 4.51. The molecule has 1 unspecified atom stereocenters. The maximum absolute atomic E-state index is 12.4. The molecule has 0 saturated heterocycles. The lowest BCUT2D eigenvalue weighted by Gasteiger charge is -2.16. The Hall–Kier alpha value is -2.30. The molecule has 0 saturated carbocycles. The molecule has 160 valence electrons. The monoisotopic (exact) mass is 434 g/mol. The summed E-state index contributed by atoms with van der Waals surface area (Å²) in [5.74, 6) is -0.915. The van der Waals surface area contributed by atoms with Crippen LogP contribution in [0.5, 0.6) is 5.75 Å². The fraction of sp³-hybridized carbons (Fsp3) is 0.444. The molecule has 0 spiro atoms. The first kappa shape index (κ1) is 23.0. The molecule has 1 atom stereocenters. The second kappa shape index (κ2) is 9.95. The Bertz CT molecular complexity index is 812. The molecule has 3 rings (SSSR count). The number of amides is 1. The van der Waals surface area contributed by atoms with Gasteiger partial charge in [0.2, 0.25) is 0 Å². The number of benzene rings is 1. The van der Waals surface area contributed by atoms with E-state index in [9.17, 15) is 23.1 Å².